The number of nitrogens with zero attached hydrogens (tertiary/aromatic N) is 1. The molecule has 3 rings (SSSR count). The van der Waals surface area contributed by atoms with Gasteiger partial charge in [-0.25, -0.2) is 4.98 Å². The molecule has 0 aliphatic heterocycles. The van der Waals surface area contributed by atoms with Gasteiger partial charge in [0.1, 0.15) is 11.5 Å². The molecule has 11 heteroatoms. The highest BCUT2D eigenvalue weighted by atomic mass is 32.1. The Balaban J connectivity index is 1.68. The molecule has 2 aromatic carbocycles. The van der Waals surface area contributed by atoms with E-state index in [-0.39, 0.29) is 15.8 Å². The first-order chi connectivity index (χ1) is 15.6. The number of nitrogens with two attached hydrogens (primary N) is 1. The summed E-state index contributed by atoms with van der Waals surface area (Å²) in [5, 5.41) is 4.62. The third-order valence-electron chi connectivity index (χ3n) is 5.52. The standard InChI is InChI=1S/C23H26F3N3O3SSi/c1-22(2,3)34(4,5)32-19-11-8-15(12-17(19)27)28-20(30)21-29-18(13-33-21)14-6-9-16(10-7-14)31-23(24,25)26/h6-13H,27H2,1-5H3,(H,28,30). The lowest BCUT2D eigenvalue weighted by Gasteiger charge is -2.36. The summed E-state index contributed by atoms with van der Waals surface area (Å²) in [6.45, 7) is 10.7. The Bertz CT molecular complexity index is 1170. The molecule has 6 nitrogen and oxygen atoms in total. The number of hydrogen-bond donors (Lipinski definition) is 2. The summed E-state index contributed by atoms with van der Waals surface area (Å²) in [7, 11) is -2.06. The van der Waals surface area contributed by atoms with E-state index in [1.165, 1.54) is 24.3 Å². The van der Waals surface area contributed by atoms with Gasteiger partial charge >= 0.3 is 6.36 Å². The lowest BCUT2D eigenvalue weighted by atomic mass is 10.2. The molecule has 0 aliphatic rings. The Kier molecular flexibility index (Phi) is 6.99. The van der Waals surface area contributed by atoms with Crippen molar-refractivity contribution in [1.29, 1.82) is 0 Å². The van der Waals surface area contributed by atoms with Crippen LogP contribution in [0.15, 0.2) is 47.8 Å². The van der Waals surface area contributed by atoms with Gasteiger partial charge in [-0.05, 0) is 60.6 Å². The number of carbonyl (C=O) groups excluding carboxylic acids is 1. The zero-order valence-corrected chi connectivity index (χ0v) is 21.2. The van der Waals surface area contributed by atoms with Crippen molar-refractivity contribution in [3.63, 3.8) is 0 Å². The van der Waals surface area contributed by atoms with Gasteiger partial charge in [0.2, 0.25) is 0 Å². The normalized spacial score (nSPS) is 12.4. The molecular formula is C23H26F3N3O3SSi. The fourth-order valence-corrected chi connectivity index (χ4v) is 4.43. The molecule has 1 amide bonds. The first kappa shape index (κ1) is 25.6. The number of halogens is 3. The second-order valence-corrected chi connectivity index (χ2v) is 14.8. The van der Waals surface area contributed by atoms with Crippen LogP contribution in [-0.4, -0.2) is 25.6 Å². The van der Waals surface area contributed by atoms with Crippen molar-refractivity contribution in [3.8, 4) is 22.8 Å². The molecule has 1 heterocycles. The smallest absolute Gasteiger partial charge is 0.542 e. The van der Waals surface area contributed by atoms with Gasteiger partial charge in [-0.3, -0.25) is 4.79 Å². The highest BCUT2D eigenvalue weighted by Gasteiger charge is 2.39. The Morgan fingerprint density at radius 3 is 2.29 bits per heavy atom. The van der Waals surface area contributed by atoms with Gasteiger partial charge in [-0.15, -0.1) is 24.5 Å². The molecule has 0 radical (unpaired) electrons. The predicted octanol–water partition coefficient (Wildman–Crippen LogP) is 6.93. The molecule has 0 spiro atoms. The zero-order chi connectivity index (χ0) is 25.3. The van der Waals surface area contributed by atoms with E-state index in [1.807, 2.05) is 0 Å². The highest BCUT2D eigenvalue weighted by molar-refractivity contribution is 7.12. The number of alkyl halides is 3. The number of aromatic nitrogens is 1. The molecule has 0 bridgehead atoms. The Labute approximate surface area is 201 Å². The zero-order valence-electron chi connectivity index (χ0n) is 19.4. The van der Waals surface area contributed by atoms with E-state index in [4.69, 9.17) is 10.2 Å². The van der Waals surface area contributed by atoms with E-state index in [9.17, 15) is 18.0 Å². The number of carbonyl (C=O) groups is 1. The quantitative estimate of drug-likeness (QED) is 0.278. The van der Waals surface area contributed by atoms with Crippen LogP contribution in [0.25, 0.3) is 11.3 Å². The monoisotopic (exact) mass is 509 g/mol. The third kappa shape index (κ3) is 6.29. The van der Waals surface area contributed by atoms with Crippen LogP contribution in [0.1, 0.15) is 30.6 Å². The van der Waals surface area contributed by atoms with Gasteiger partial charge in [-0.2, -0.15) is 0 Å². The maximum absolute atomic E-state index is 12.7. The van der Waals surface area contributed by atoms with Gasteiger partial charge in [-0.1, -0.05) is 20.8 Å². The van der Waals surface area contributed by atoms with Gasteiger partial charge < -0.3 is 20.2 Å². The molecule has 0 saturated heterocycles. The largest absolute Gasteiger partial charge is 0.573 e. The van der Waals surface area contributed by atoms with Crippen LogP contribution in [0.3, 0.4) is 0 Å². The van der Waals surface area contributed by atoms with E-state index in [1.54, 1.807) is 23.6 Å². The molecule has 34 heavy (non-hydrogen) atoms. The topological polar surface area (TPSA) is 86.5 Å². The van der Waals surface area contributed by atoms with Crippen molar-refractivity contribution in [2.24, 2.45) is 0 Å². The van der Waals surface area contributed by atoms with E-state index in [0.29, 0.717) is 28.4 Å². The number of rotatable bonds is 6. The van der Waals surface area contributed by atoms with E-state index in [0.717, 1.165) is 11.3 Å². The Morgan fingerprint density at radius 2 is 1.74 bits per heavy atom. The van der Waals surface area contributed by atoms with Crippen molar-refractivity contribution in [2.45, 2.75) is 45.3 Å². The first-order valence-electron chi connectivity index (χ1n) is 10.4. The Morgan fingerprint density at radius 1 is 1.09 bits per heavy atom. The number of anilines is 2. The van der Waals surface area contributed by atoms with Crippen LogP contribution < -0.4 is 20.2 Å². The molecular weight excluding hydrogens is 483 g/mol. The molecule has 3 N–H and O–H groups in total. The predicted molar refractivity (Wildman–Crippen MR) is 131 cm³/mol. The first-order valence-corrected chi connectivity index (χ1v) is 14.1. The van der Waals surface area contributed by atoms with E-state index >= 15 is 0 Å². The summed E-state index contributed by atoms with van der Waals surface area (Å²) in [5.74, 6) is -0.173. The lowest BCUT2D eigenvalue weighted by molar-refractivity contribution is -0.274. The lowest BCUT2D eigenvalue weighted by Crippen LogP contribution is -2.44. The number of amides is 1. The molecule has 0 unspecified atom stereocenters. The van der Waals surface area contributed by atoms with Crippen LogP contribution in [-0.2, 0) is 0 Å². The van der Waals surface area contributed by atoms with Gasteiger partial charge in [0.15, 0.2) is 5.01 Å². The van der Waals surface area contributed by atoms with E-state index < -0.39 is 20.6 Å². The van der Waals surface area contributed by atoms with Crippen LogP contribution in [0.4, 0.5) is 24.5 Å². The van der Waals surface area contributed by atoms with Crippen LogP contribution >= 0.6 is 11.3 Å². The number of benzene rings is 2. The number of hydrogen-bond acceptors (Lipinski definition) is 6. The van der Waals surface area contributed by atoms with Crippen molar-refractivity contribution in [2.75, 3.05) is 11.1 Å². The molecule has 0 aliphatic carbocycles. The summed E-state index contributed by atoms with van der Waals surface area (Å²) < 4.78 is 47.0. The fraction of sp³-hybridized carbons (Fsp3) is 0.304. The second kappa shape index (κ2) is 9.30. The minimum atomic E-state index is -4.76. The summed E-state index contributed by atoms with van der Waals surface area (Å²) in [5.41, 5.74) is 8.11. The maximum Gasteiger partial charge on any atom is 0.573 e. The number of ether oxygens (including phenoxy) is 1. The summed E-state index contributed by atoms with van der Waals surface area (Å²) >= 11 is 1.12. The molecule has 1 aromatic heterocycles. The minimum Gasteiger partial charge on any atom is -0.542 e. The molecule has 0 fully saturated rings. The number of nitrogens with one attached hydrogen (secondary N) is 1. The number of thiazole rings is 1. The summed E-state index contributed by atoms with van der Waals surface area (Å²) in [6.07, 6.45) is -4.76. The van der Waals surface area contributed by atoms with Gasteiger partial charge in [0.25, 0.3) is 14.2 Å². The van der Waals surface area contributed by atoms with Gasteiger partial charge in [0.05, 0.1) is 11.4 Å². The molecule has 3 aromatic rings. The van der Waals surface area contributed by atoms with Crippen molar-refractivity contribution >= 4 is 36.9 Å². The van der Waals surface area contributed by atoms with Crippen LogP contribution in [0.2, 0.25) is 18.1 Å². The van der Waals surface area contributed by atoms with Crippen molar-refractivity contribution in [1.82, 2.24) is 4.98 Å². The Hall–Kier alpha value is -3.05. The second-order valence-electron chi connectivity index (χ2n) is 9.18. The third-order valence-corrected chi connectivity index (χ3v) is 10.7. The SMILES string of the molecule is CC(C)(C)[Si](C)(C)Oc1ccc(NC(=O)c2nc(-c3ccc(OC(F)(F)F)cc3)cs2)cc1N. The average Bonchev–Trinajstić information content (AvgIpc) is 3.19. The van der Waals surface area contributed by atoms with Crippen molar-refractivity contribution in [3.05, 3.63) is 52.9 Å². The van der Waals surface area contributed by atoms with Crippen LogP contribution in [0.5, 0.6) is 11.5 Å². The highest BCUT2D eigenvalue weighted by Crippen LogP contribution is 2.39. The molecule has 182 valence electrons. The van der Waals surface area contributed by atoms with Crippen LogP contribution in [0, 0.1) is 0 Å². The summed E-state index contributed by atoms with van der Waals surface area (Å²) in [4.78, 5) is 16.9. The summed E-state index contributed by atoms with van der Waals surface area (Å²) in [6, 6.07) is 10.4. The molecule has 0 atom stereocenters. The maximum atomic E-state index is 12.7. The van der Waals surface area contributed by atoms with Crippen molar-refractivity contribution < 1.29 is 27.1 Å². The molecule has 0 saturated carbocycles. The van der Waals surface area contributed by atoms with Gasteiger partial charge in [0, 0.05) is 16.6 Å². The minimum absolute atomic E-state index is 0.0144. The van der Waals surface area contributed by atoms with E-state index in [2.05, 4.69) is 48.9 Å². The fourth-order valence-electron chi connectivity index (χ4n) is 2.67. The average molecular weight is 510 g/mol. The number of nitrogen functional groups attached to an aromatic ring is 1.